The average molecular weight is 203 g/mol. The van der Waals surface area contributed by atoms with Gasteiger partial charge in [0, 0.05) is 12.2 Å². The molecule has 0 aliphatic carbocycles. The molecule has 80 valence electrons. The van der Waals surface area contributed by atoms with Gasteiger partial charge >= 0.3 is 0 Å². The minimum atomic E-state index is 0.672. The first-order valence-corrected chi connectivity index (χ1v) is 5.27. The summed E-state index contributed by atoms with van der Waals surface area (Å²) in [4.78, 5) is 2.17. The van der Waals surface area contributed by atoms with Gasteiger partial charge < -0.3 is 9.64 Å². The van der Waals surface area contributed by atoms with Gasteiger partial charge in [-0.2, -0.15) is 0 Å². The second-order valence-electron chi connectivity index (χ2n) is 4.12. The summed E-state index contributed by atoms with van der Waals surface area (Å²) >= 11 is 0. The molecule has 15 heavy (non-hydrogen) atoms. The largest absolute Gasteiger partial charge is 0.359 e. The molecule has 1 aromatic rings. The third-order valence-electron chi connectivity index (χ3n) is 2.69. The predicted molar refractivity (Wildman–Crippen MR) is 62.5 cm³/mol. The number of rotatable bonds is 2. The number of aryl methyl sites for hydroxylation is 2. The molecule has 1 saturated heterocycles. The Bertz CT molecular complexity index is 358. The molecule has 1 aliphatic rings. The van der Waals surface area contributed by atoms with Crippen molar-refractivity contribution in [3.8, 4) is 0 Å². The lowest BCUT2D eigenvalue weighted by Gasteiger charge is -2.19. The fourth-order valence-electron chi connectivity index (χ4n) is 1.95. The lowest BCUT2D eigenvalue weighted by molar-refractivity contribution is 0.165. The number of hydrogen-bond acceptors (Lipinski definition) is 2. The molecule has 0 N–H and O–H groups in total. The van der Waals surface area contributed by atoms with Crippen molar-refractivity contribution in [1.82, 2.24) is 4.90 Å². The van der Waals surface area contributed by atoms with Crippen LogP contribution in [0.4, 0.5) is 0 Å². The van der Waals surface area contributed by atoms with E-state index in [1.54, 1.807) is 0 Å². The summed E-state index contributed by atoms with van der Waals surface area (Å²) in [6.45, 7) is 10.8. The van der Waals surface area contributed by atoms with Crippen LogP contribution >= 0.6 is 0 Å². The Kier molecular flexibility index (Phi) is 2.78. The summed E-state index contributed by atoms with van der Waals surface area (Å²) in [5, 5.41) is 0. The lowest BCUT2D eigenvalue weighted by atomic mass is 10.1. The van der Waals surface area contributed by atoms with E-state index in [1.165, 1.54) is 16.7 Å². The topological polar surface area (TPSA) is 12.5 Å². The zero-order chi connectivity index (χ0) is 10.8. The number of hydrogen-bond donors (Lipinski definition) is 0. The van der Waals surface area contributed by atoms with Crippen LogP contribution in [0, 0.1) is 13.8 Å². The molecule has 0 atom stereocenters. The van der Waals surface area contributed by atoms with Crippen molar-refractivity contribution in [3.05, 3.63) is 41.5 Å². The standard InChI is InChI=1S/C13H17NO/c1-10-6-11(2)8-13(7-10)12(3)14-4-5-15-9-14/h6-8H,3-5,9H2,1-2H3. The SMILES string of the molecule is C=C(c1cc(C)cc(C)c1)N1CCOC1. The van der Waals surface area contributed by atoms with Crippen LogP contribution in [0.1, 0.15) is 16.7 Å². The highest BCUT2D eigenvalue weighted by molar-refractivity contribution is 5.63. The Labute approximate surface area is 91.2 Å². The zero-order valence-electron chi connectivity index (χ0n) is 9.42. The van der Waals surface area contributed by atoms with Crippen molar-refractivity contribution in [1.29, 1.82) is 0 Å². The first kappa shape index (κ1) is 10.2. The van der Waals surface area contributed by atoms with Crippen molar-refractivity contribution in [3.63, 3.8) is 0 Å². The zero-order valence-corrected chi connectivity index (χ0v) is 9.42. The number of ether oxygens (including phenoxy) is 1. The van der Waals surface area contributed by atoms with Gasteiger partial charge in [0.25, 0.3) is 0 Å². The quantitative estimate of drug-likeness (QED) is 0.732. The Morgan fingerprint density at radius 1 is 1.27 bits per heavy atom. The predicted octanol–water partition coefficient (Wildman–Crippen LogP) is 2.56. The first-order valence-electron chi connectivity index (χ1n) is 5.27. The molecule has 1 aliphatic heterocycles. The maximum atomic E-state index is 5.33. The third-order valence-corrected chi connectivity index (χ3v) is 2.69. The van der Waals surface area contributed by atoms with E-state index in [9.17, 15) is 0 Å². The van der Waals surface area contributed by atoms with Gasteiger partial charge in [0.2, 0.25) is 0 Å². The van der Waals surface area contributed by atoms with Gasteiger partial charge in [0.05, 0.1) is 6.61 Å². The van der Waals surface area contributed by atoms with E-state index < -0.39 is 0 Å². The molecule has 2 rings (SSSR count). The Balaban J connectivity index is 2.24. The van der Waals surface area contributed by atoms with E-state index >= 15 is 0 Å². The second kappa shape index (κ2) is 4.07. The molecular formula is C13H17NO. The van der Waals surface area contributed by atoms with Gasteiger partial charge in [-0.15, -0.1) is 0 Å². The molecule has 0 saturated carbocycles. The van der Waals surface area contributed by atoms with Crippen LogP contribution in [0.3, 0.4) is 0 Å². The Morgan fingerprint density at radius 2 is 1.93 bits per heavy atom. The molecule has 0 unspecified atom stereocenters. The summed E-state index contributed by atoms with van der Waals surface area (Å²) in [5.74, 6) is 0. The van der Waals surface area contributed by atoms with Crippen molar-refractivity contribution in [2.75, 3.05) is 19.9 Å². The van der Waals surface area contributed by atoms with Gasteiger partial charge in [0.1, 0.15) is 6.73 Å². The molecule has 1 aromatic carbocycles. The molecule has 0 aromatic heterocycles. The van der Waals surface area contributed by atoms with Crippen molar-refractivity contribution >= 4 is 5.70 Å². The van der Waals surface area contributed by atoms with E-state index in [4.69, 9.17) is 4.74 Å². The van der Waals surface area contributed by atoms with Crippen LogP contribution < -0.4 is 0 Å². The van der Waals surface area contributed by atoms with Crippen molar-refractivity contribution in [2.45, 2.75) is 13.8 Å². The van der Waals surface area contributed by atoms with Crippen molar-refractivity contribution in [2.24, 2.45) is 0 Å². The van der Waals surface area contributed by atoms with Crippen LogP contribution in [0.15, 0.2) is 24.8 Å². The molecule has 1 heterocycles. The normalized spacial score (nSPS) is 15.7. The first-order chi connectivity index (χ1) is 7.16. The highest BCUT2D eigenvalue weighted by atomic mass is 16.5. The molecule has 1 fully saturated rings. The lowest BCUT2D eigenvalue weighted by Crippen LogP contribution is -2.17. The summed E-state index contributed by atoms with van der Waals surface area (Å²) in [6, 6.07) is 6.53. The Hall–Kier alpha value is -1.28. The van der Waals surface area contributed by atoms with Crippen LogP contribution in [-0.4, -0.2) is 24.8 Å². The monoisotopic (exact) mass is 203 g/mol. The molecule has 2 heteroatoms. The molecular weight excluding hydrogens is 186 g/mol. The highest BCUT2D eigenvalue weighted by Gasteiger charge is 2.14. The van der Waals surface area contributed by atoms with Gasteiger partial charge in [-0.1, -0.05) is 23.8 Å². The summed E-state index contributed by atoms with van der Waals surface area (Å²) in [5.41, 5.74) is 4.84. The third kappa shape index (κ3) is 2.21. The van der Waals surface area contributed by atoms with Crippen LogP contribution in [0.25, 0.3) is 5.70 Å². The van der Waals surface area contributed by atoms with Crippen LogP contribution in [0.5, 0.6) is 0 Å². The van der Waals surface area contributed by atoms with Crippen LogP contribution in [-0.2, 0) is 4.74 Å². The molecule has 2 nitrogen and oxygen atoms in total. The van der Waals surface area contributed by atoms with Gasteiger partial charge in [-0.05, 0) is 31.5 Å². The molecule has 0 bridgehead atoms. The van der Waals surface area contributed by atoms with E-state index in [-0.39, 0.29) is 0 Å². The molecule has 0 radical (unpaired) electrons. The van der Waals surface area contributed by atoms with E-state index in [2.05, 4.69) is 43.5 Å². The number of nitrogens with zero attached hydrogens (tertiary/aromatic N) is 1. The van der Waals surface area contributed by atoms with Gasteiger partial charge in [0.15, 0.2) is 0 Å². The summed E-state index contributed by atoms with van der Waals surface area (Å²) in [6.07, 6.45) is 0. The Morgan fingerprint density at radius 3 is 2.47 bits per heavy atom. The average Bonchev–Trinajstić information content (AvgIpc) is 2.67. The fourth-order valence-corrected chi connectivity index (χ4v) is 1.95. The minimum Gasteiger partial charge on any atom is -0.359 e. The molecule has 0 amide bonds. The smallest absolute Gasteiger partial charge is 0.119 e. The van der Waals surface area contributed by atoms with E-state index in [0.717, 1.165) is 18.8 Å². The maximum Gasteiger partial charge on any atom is 0.119 e. The van der Waals surface area contributed by atoms with E-state index in [0.29, 0.717) is 6.73 Å². The highest BCUT2D eigenvalue weighted by Crippen LogP contribution is 2.21. The maximum absolute atomic E-state index is 5.33. The second-order valence-corrected chi connectivity index (χ2v) is 4.12. The van der Waals surface area contributed by atoms with Crippen molar-refractivity contribution < 1.29 is 4.74 Å². The molecule has 0 spiro atoms. The van der Waals surface area contributed by atoms with Gasteiger partial charge in [-0.25, -0.2) is 0 Å². The van der Waals surface area contributed by atoms with Gasteiger partial charge in [-0.3, -0.25) is 0 Å². The fraction of sp³-hybridized carbons (Fsp3) is 0.385. The van der Waals surface area contributed by atoms with Crippen LogP contribution in [0.2, 0.25) is 0 Å². The minimum absolute atomic E-state index is 0.672. The summed E-state index contributed by atoms with van der Waals surface area (Å²) < 4.78 is 5.33. The van der Waals surface area contributed by atoms with E-state index in [1.807, 2.05) is 0 Å². The summed E-state index contributed by atoms with van der Waals surface area (Å²) in [7, 11) is 0. The number of benzene rings is 1.